The monoisotopic (exact) mass is 298 g/mol. The van der Waals surface area contributed by atoms with Crippen molar-refractivity contribution in [3.05, 3.63) is 69.5 Å². The standard InChI is InChI=1S/C15H13Cl2FO/c16-14-6-2-4-11(15(14)17)9-13(19)8-10-3-1-5-12(18)7-10/h1-7,13,19H,8-9H2. The Bertz CT molecular complexity index is 572. The van der Waals surface area contributed by atoms with E-state index in [0.29, 0.717) is 22.9 Å². The summed E-state index contributed by atoms with van der Waals surface area (Å²) in [4.78, 5) is 0. The third-order valence-corrected chi connectivity index (χ3v) is 3.71. The van der Waals surface area contributed by atoms with E-state index in [2.05, 4.69) is 0 Å². The lowest BCUT2D eigenvalue weighted by Crippen LogP contribution is -2.14. The number of hydrogen-bond acceptors (Lipinski definition) is 1. The van der Waals surface area contributed by atoms with Crippen molar-refractivity contribution >= 4 is 23.2 Å². The molecule has 0 saturated heterocycles. The zero-order chi connectivity index (χ0) is 13.8. The van der Waals surface area contributed by atoms with Crippen LogP contribution in [0.5, 0.6) is 0 Å². The molecule has 0 aliphatic carbocycles. The van der Waals surface area contributed by atoms with Gasteiger partial charge in [0.05, 0.1) is 16.1 Å². The van der Waals surface area contributed by atoms with E-state index < -0.39 is 6.10 Å². The Morgan fingerprint density at radius 3 is 2.53 bits per heavy atom. The number of aliphatic hydroxyl groups is 1. The molecule has 0 saturated carbocycles. The normalized spacial score (nSPS) is 12.4. The number of hydrogen-bond donors (Lipinski definition) is 1. The fourth-order valence-electron chi connectivity index (χ4n) is 1.97. The van der Waals surface area contributed by atoms with Crippen LogP contribution in [0.15, 0.2) is 42.5 Å². The van der Waals surface area contributed by atoms with Crippen LogP contribution in [0.2, 0.25) is 10.0 Å². The highest BCUT2D eigenvalue weighted by atomic mass is 35.5. The Kier molecular flexibility index (Phi) is 4.81. The van der Waals surface area contributed by atoms with Crippen LogP contribution >= 0.6 is 23.2 Å². The molecule has 100 valence electrons. The first-order valence-corrected chi connectivity index (χ1v) is 6.67. The van der Waals surface area contributed by atoms with E-state index in [9.17, 15) is 9.50 Å². The minimum absolute atomic E-state index is 0.300. The summed E-state index contributed by atoms with van der Waals surface area (Å²) < 4.78 is 13.0. The Morgan fingerprint density at radius 1 is 1.05 bits per heavy atom. The predicted molar refractivity (Wildman–Crippen MR) is 76.3 cm³/mol. The molecule has 0 radical (unpaired) electrons. The maximum absolute atomic E-state index is 13.0. The van der Waals surface area contributed by atoms with Gasteiger partial charge in [-0.15, -0.1) is 0 Å². The highest BCUT2D eigenvalue weighted by Gasteiger charge is 2.11. The lowest BCUT2D eigenvalue weighted by molar-refractivity contribution is 0.175. The van der Waals surface area contributed by atoms with E-state index in [1.165, 1.54) is 12.1 Å². The van der Waals surface area contributed by atoms with Crippen LogP contribution in [0.25, 0.3) is 0 Å². The largest absolute Gasteiger partial charge is 0.392 e. The minimum Gasteiger partial charge on any atom is -0.392 e. The molecule has 1 unspecified atom stereocenters. The van der Waals surface area contributed by atoms with Crippen molar-refractivity contribution in [3.63, 3.8) is 0 Å². The molecule has 1 atom stereocenters. The second kappa shape index (κ2) is 6.38. The molecule has 0 aromatic heterocycles. The summed E-state index contributed by atoms with van der Waals surface area (Å²) in [6.07, 6.45) is 0.133. The van der Waals surface area contributed by atoms with E-state index >= 15 is 0 Å². The molecule has 4 heteroatoms. The third-order valence-electron chi connectivity index (χ3n) is 2.85. The lowest BCUT2D eigenvalue weighted by atomic mass is 10.0. The average molecular weight is 299 g/mol. The van der Waals surface area contributed by atoms with Crippen molar-refractivity contribution in [2.24, 2.45) is 0 Å². The van der Waals surface area contributed by atoms with Gasteiger partial charge in [0.1, 0.15) is 5.82 Å². The van der Waals surface area contributed by atoms with Gasteiger partial charge in [-0.2, -0.15) is 0 Å². The van der Waals surface area contributed by atoms with Crippen LogP contribution < -0.4 is 0 Å². The Labute approximate surface area is 121 Å². The van der Waals surface area contributed by atoms with Gasteiger partial charge in [-0.1, -0.05) is 47.5 Å². The fraction of sp³-hybridized carbons (Fsp3) is 0.200. The van der Waals surface area contributed by atoms with Crippen LogP contribution in [0.4, 0.5) is 4.39 Å². The first-order chi connectivity index (χ1) is 9.06. The van der Waals surface area contributed by atoms with Crippen molar-refractivity contribution in [2.45, 2.75) is 18.9 Å². The van der Waals surface area contributed by atoms with E-state index in [0.717, 1.165) is 11.1 Å². The lowest BCUT2D eigenvalue weighted by Gasteiger charge is -2.12. The summed E-state index contributed by atoms with van der Waals surface area (Å²) in [5.74, 6) is -0.300. The van der Waals surface area contributed by atoms with Gasteiger partial charge >= 0.3 is 0 Å². The minimum atomic E-state index is -0.627. The van der Waals surface area contributed by atoms with E-state index in [4.69, 9.17) is 23.2 Å². The number of aliphatic hydroxyl groups excluding tert-OH is 1. The molecule has 0 aliphatic heterocycles. The van der Waals surface area contributed by atoms with Crippen molar-refractivity contribution in [2.75, 3.05) is 0 Å². The zero-order valence-corrected chi connectivity index (χ0v) is 11.6. The molecule has 0 fully saturated rings. The molecular formula is C15H13Cl2FO. The second-order valence-corrected chi connectivity index (χ2v) is 5.19. The van der Waals surface area contributed by atoms with Crippen LogP contribution in [-0.4, -0.2) is 11.2 Å². The molecule has 0 aliphatic rings. The topological polar surface area (TPSA) is 20.2 Å². The fourth-order valence-corrected chi connectivity index (χ4v) is 2.37. The van der Waals surface area contributed by atoms with E-state index in [1.807, 2.05) is 6.07 Å². The van der Waals surface area contributed by atoms with Crippen molar-refractivity contribution < 1.29 is 9.50 Å². The molecule has 0 bridgehead atoms. The van der Waals surface area contributed by atoms with Crippen LogP contribution in [-0.2, 0) is 12.8 Å². The summed E-state index contributed by atoms with van der Waals surface area (Å²) in [6, 6.07) is 11.5. The summed E-state index contributed by atoms with van der Waals surface area (Å²) in [5.41, 5.74) is 1.55. The van der Waals surface area contributed by atoms with Crippen molar-refractivity contribution in [1.82, 2.24) is 0 Å². The predicted octanol–water partition coefficient (Wildman–Crippen LogP) is 4.28. The summed E-state index contributed by atoms with van der Waals surface area (Å²) in [6.45, 7) is 0. The summed E-state index contributed by atoms with van der Waals surface area (Å²) in [7, 11) is 0. The van der Waals surface area contributed by atoms with Gasteiger partial charge in [0, 0.05) is 6.42 Å². The first kappa shape index (κ1) is 14.3. The summed E-state index contributed by atoms with van der Waals surface area (Å²) in [5, 5.41) is 11.0. The Morgan fingerprint density at radius 2 is 1.79 bits per heavy atom. The molecule has 0 amide bonds. The molecule has 19 heavy (non-hydrogen) atoms. The molecule has 1 nitrogen and oxygen atoms in total. The number of benzene rings is 2. The second-order valence-electron chi connectivity index (χ2n) is 4.40. The van der Waals surface area contributed by atoms with Crippen molar-refractivity contribution in [1.29, 1.82) is 0 Å². The van der Waals surface area contributed by atoms with Gasteiger partial charge < -0.3 is 5.11 Å². The van der Waals surface area contributed by atoms with Gasteiger partial charge in [0.25, 0.3) is 0 Å². The molecular weight excluding hydrogens is 286 g/mol. The van der Waals surface area contributed by atoms with Crippen LogP contribution in [0.1, 0.15) is 11.1 Å². The molecule has 1 N–H and O–H groups in total. The molecule has 0 spiro atoms. The maximum atomic E-state index is 13.0. The Hall–Kier alpha value is -1.09. The smallest absolute Gasteiger partial charge is 0.123 e. The third kappa shape index (κ3) is 3.93. The maximum Gasteiger partial charge on any atom is 0.123 e. The van der Waals surface area contributed by atoms with Crippen molar-refractivity contribution in [3.8, 4) is 0 Å². The van der Waals surface area contributed by atoms with Gasteiger partial charge in [0.15, 0.2) is 0 Å². The van der Waals surface area contributed by atoms with Gasteiger partial charge in [-0.05, 0) is 35.7 Å². The van der Waals surface area contributed by atoms with Crippen LogP contribution in [0.3, 0.4) is 0 Å². The SMILES string of the molecule is OC(Cc1cccc(F)c1)Cc1cccc(Cl)c1Cl. The van der Waals surface area contributed by atoms with Gasteiger partial charge in [-0.3, -0.25) is 0 Å². The van der Waals surface area contributed by atoms with E-state index in [1.54, 1.807) is 24.3 Å². The van der Waals surface area contributed by atoms with E-state index in [-0.39, 0.29) is 5.82 Å². The summed E-state index contributed by atoms with van der Waals surface area (Å²) >= 11 is 12.0. The Balaban J connectivity index is 2.05. The number of halogens is 3. The molecule has 2 aromatic carbocycles. The molecule has 2 aromatic rings. The van der Waals surface area contributed by atoms with Gasteiger partial charge in [-0.25, -0.2) is 4.39 Å². The molecule has 0 heterocycles. The highest BCUT2D eigenvalue weighted by Crippen LogP contribution is 2.26. The molecule has 2 rings (SSSR count). The zero-order valence-electron chi connectivity index (χ0n) is 10.1. The first-order valence-electron chi connectivity index (χ1n) is 5.91. The average Bonchev–Trinajstić information content (AvgIpc) is 2.35. The quantitative estimate of drug-likeness (QED) is 0.893. The highest BCUT2D eigenvalue weighted by molar-refractivity contribution is 6.42. The van der Waals surface area contributed by atoms with Gasteiger partial charge in [0.2, 0.25) is 0 Å². The van der Waals surface area contributed by atoms with Crippen LogP contribution in [0, 0.1) is 5.82 Å². The number of rotatable bonds is 4.